The summed E-state index contributed by atoms with van der Waals surface area (Å²) in [7, 11) is 2.12. The average molecular weight is 481 g/mol. The van der Waals surface area contributed by atoms with Gasteiger partial charge in [-0.3, -0.25) is 9.69 Å². The first kappa shape index (κ1) is 22.4. The summed E-state index contributed by atoms with van der Waals surface area (Å²) < 4.78 is 5.52. The molecule has 5 heterocycles. The Kier molecular flexibility index (Phi) is 5.30. The second-order valence-corrected chi connectivity index (χ2v) is 9.62. The number of likely N-dealkylation sites (N-methyl/N-ethyl adjacent to an activating group) is 1. The van der Waals surface area contributed by atoms with Crippen LogP contribution in [-0.2, 0) is 6.42 Å². The van der Waals surface area contributed by atoms with E-state index in [0.717, 1.165) is 35.6 Å². The van der Waals surface area contributed by atoms with Gasteiger partial charge in [-0.1, -0.05) is 12.1 Å². The van der Waals surface area contributed by atoms with Crippen LogP contribution in [0.3, 0.4) is 0 Å². The van der Waals surface area contributed by atoms with E-state index in [0.29, 0.717) is 16.9 Å². The number of benzene rings is 1. The van der Waals surface area contributed by atoms with Crippen molar-refractivity contribution in [1.29, 1.82) is 0 Å². The van der Waals surface area contributed by atoms with Gasteiger partial charge in [0.1, 0.15) is 5.69 Å². The molecule has 9 heteroatoms. The molecule has 0 bridgehead atoms. The van der Waals surface area contributed by atoms with Gasteiger partial charge in [-0.15, -0.1) is 0 Å². The maximum atomic E-state index is 13.6. The van der Waals surface area contributed by atoms with Crippen molar-refractivity contribution in [2.45, 2.75) is 39.3 Å². The van der Waals surface area contributed by atoms with E-state index in [2.05, 4.69) is 51.9 Å². The SMILES string of the molecule is CC1c2ncn(-c3ccc4cnn(-c5cccc(-c6nccn6C(C)C)n5)c(=O)c4c3)c2CCN1C. The van der Waals surface area contributed by atoms with Crippen LogP contribution >= 0.6 is 0 Å². The molecule has 0 radical (unpaired) electrons. The number of hydrogen-bond donors (Lipinski definition) is 0. The molecule has 4 aromatic heterocycles. The molecule has 1 aliphatic heterocycles. The zero-order valence-corrected chi connectivity index (χ0v) is 20.8. The maximum Gasteiger partial charge on any atom is 0.280 e. The molecule has 5 aromatic rings. The van der Waals surface area contributed by atoms with E-state index in [1.54, 1.807) is 18.5 Å². The fourth-order valence-electron chi connectivity index (χ4n) is 4.93. The molecule has 182 valence electrons. The van der Waals surface area contributed by atoms with E-state index >= 15 is 0 Å². The molecule has 36 heavy (non-hydrogen) atoms. The predicted molar refractivity (Wildman–Crippen MR) is 139 cm³/mol. The molecule has 1 aromatic carbocycles. The van der Waals surface area contributed by atoms with E-state index in [1.807, 2.05) is 42.9 Å². The number of aromatic nitrogens is 7. The fourth-order valence-corrected chi connectivity index (χ4v) is 4.93. The van der Waals surface area contributed by atoms with Crippen LogP contribution < -0.4 is 5.56 Å². The second-order valence-electron chi connectivity index (χ2n) is 9.62. The zero-order valence-electron chi connectivity index (χ0n) is 20.8. The van der Waals surface area contributed by atoms with E-state index in [4.69, 9.17) is 9.97 Å². The molecule has 0 amide bonds. The summed E-state index contributed by atoms with van der Waals surface area (Å²) in [6, 6.07) is 12.0. The number of nitrogens with zero attached hydrogens (tertiary/aromatic N) is 8. The Morgan fingerprint density at radius 2 is 1.97 bits per heavy atom. The molecule has 1 atom stereocenters. The first-order valence-electron chi connectivity index (χ1n) is 12.2. The Labute approximate surface area is 208 Å². The van der Waals surface area contributed by atoms with E-state index < -0.39 is 0 Å². The zero-order chi connectivity index (χ0) is 25.0. The molecule has 0 fully saturated rings. The summed E-state index contributed by atoms with van der Waals surface area (Å²) in [4.78, 5) is 29.8. The van der Waals surface area contributed by atoms with Crippen LogP contribution in [0.25, 0.3) is 33.8 Å². The number of imidazole rings is 2. The summed E-state index contributed by atoms with van der Waals surface area (Å²) in [5.74, 6) is 1.22. The molecule has 0 spiro atoms. The van der Waals surface area contributed by atoms with Gasteiger partial charge in [0, 0.05) is 48.2 Å². The van der Waals surface area contributed by atoms with Gasteiger partial charge in [-0.2, -0.15) is 9.78 Å². The topological polar surface area (TPSA) is 86.7 Å². The third-order valence-electron chi connectivity index (χ3n) is 7.11. The molecule has 0 saturated carbocycles. The monoisotopic (exact) mass is 480 g/mol. The van der Waals surface area contributed by atoms with Crippen molar-refractivity contribution in [3.05, 3.63) is 83.1 Å². The number of pyridine rings is 1. The molecule has 6 rings (SSSR count). The Morgan fingerprint density at radius 3 is 2.81 bits per heavy atom. The predicted octanol–water partition coefficient (Wildman–Crippen LogP) is 3.96. The fraction of sp³-hybridized carbons (Fsp3) is 0.296. The highest BCUT2D eigenvalue weighted by Gasteiger charge is 2.26. The van der Waals surface area contributed by atoms with Gasteiger partial charge in [0.25, 0.3) is 5.56 Å². The van der Waals surface area contributed by atoms with Crippen LogP contribution in [0.5, 0.6) is 0 Å². The first-order chi connectivity index (χ1) is 17.4. The lowest BCUT2D eigenvalue weighted by molar-refractivity contribution is 0.241. The van der Waals surface area contributed by atoms with Gasteiger partial charge < -0.3 is 9.13 Å². The third kappa shape index (κ3) is 3.54. The third-order valence-corrected chi connectivity index (χ3v) is 7.11. The molecular weight excluding hydrogens is 452 g/mol. The van der Waals surface area contributed by atoms with Crippen molar-refractivity contribution >= 4 is 10.8 Å². The maximum absolute atomic E-state index is 13.6. The van der Waals surface area contributed by atoms with Crippen molar-refractivity contribution in [3.63, 3.8) is 0 Å². The second kappa shape index (κ2) is 8.53. The van der Waals surface area contributed by atoms with E-state index in [9.17, 15) is 4.79 Å². The van der Waals surface area contributed by atoms with Gasteiger partial charge in [0.2, 0.25) is 0 Å². The smallest absolute Gasteiger partial charge is 0.280 e. The van der Waals surface area contributed by atoms with Crippen molar-refractivity contribution in [1.82, 2.24) is 38.8 Å². The average Bonchev–Trinajstić information content (AvgIpc) is 3.55. The van der Waals surface area contributed by atoms with Crippen LogP contribution in [0, 0.1) is 0 Å². The highest BCUT2D eigenvalue weighted by molar-refractivity contribution is 5.83. The highest BCUT2D eigenvalue weighted by atomic mass is 16.1. The van der Waals surface area contributed by atoms with Crippen LogP contribution in [0.15, 0.2) is 66.1 Å². The largest absolute Gasteiger partial charge is 0.327 e. The first-order valence-corrected chi connectivity index (χ1v) is 12.2. The normalized spacial score (nSPS) is 16.1. The molecular formula is C27H28N8O. The van der Waals surface area contributed by atoms with Crippen molar-refractivity contribution in [2.24, 2.45) is 0 Å². The Bertz CT molecular complexity index is 1640. The number of rotatable bonds is 4. The molecule has 0 saturated heterocycles. The minimum Gasteiger partial charge on any atom is -0.327 e. The number of hydrogen-bond acceptors (Lipinski definition) is 6. The molecule has 0 N–H and O–H groups in total. The van der Waals surface area contributed by atoms with Gasteiger partial charge in [0.15, 0.2) is 11.6 Å². The summed E-state index contributed by atoms with van der Waals surface area (Å²) in [5, 5.41) is 5.80. The quantitative estimate of drug-likeness (QED) is 0.387. The number of fused-ring (bicyclic) bond motifs is 2. The lowest BCUT2D eigenvalue weighted by Gasteiger charge is -2.29. The van der Waals surface area contributed by atoms with Gasteiger partial charge in [0.05, 0.1) is 29.6 Å². The van der Waals surface area contributed by atoms with Gasteiger partial charge in [-0.25, -0.2) is 15.0 Å². The van der Waals surface area contributed by atoms with Gasteiger partial charge in [-0.05, 0) is 52.1 Å². The lowest BCUT2D eigenvalue weighted by Crippen LogP contribution is -2.31. The van der Waals surface area contributed by atoms with Crippen molar-refractivity contribution < 1.29 is 0 Å². The van der Waals surface area contributed by atoms with E-state index in [1.165, 1.54) is 10.4 Å². The highest BCUT2D eigenvalue weighted by Crippen LogP contribution is 2.29. The van der Waals surface area contributed by atoms with E-state index in [-0.39, 0.29) is 17.6 Å². The molecule has 9 nitrogen and oxygen atoms in total. The van der Waals surface area contributed by atoms with Crippen LogP contribution in [-0.4, -0.2) is 52.4 Å². The molecule has 1 unspecified atom stereocenters. The summed E-state index contributed by atoms with van der Waals surface area (Å²) in [6.45, 7) is 7.34. The van der Waals surface area contributed by atoms with Crippen LogP contribution in [0.1, 0.15) is 44.2 Å². The van der Waals surface area contributed by atoms with Crippen molar-refractivity contribution in [3.8, 4) is 23.0 Å². The lowest BCUT2D eigenvalue weighted by atomic mass is 10.0. The summed E-state index contributed by atoms with van der Waals surface area (Å²) in [5.41, 5.74) is 3.69. The Hall–Kier alpha value is -4.11. The minimum absolute atomic E-state index is 0.215. The van der Waals surface area contributed by atoms with Gasteiger partial charge >= 0.3 is 0 Å². The summed E-state index contributed by atoms with van der Waals surface area (Å²) >= 11 is 0. The summed E-state index contributed by atoms with van der Waals surface area (Å²) in [6.07, 6.45) is 8.19. The standard InChI is InChI=1S/C27H28N8O/c1-17(2)33-13-11-28-26(33)22-6-5-7-24(31-22)35-27(36)21-14-20(9-8-19(21)15-30-35)34-16-29-25-18(3)32(4)12-10-23(25)34/h5-9,11,13-18H,10,12H2,1-4H3. The molecule has 0 aliphatic carbocycles. The molecule has 1 aliphatic rings. The van der Waals surface area contributed by atoms with Crippen LogP contribution in [0.2, 0.25) is 0 Å². The van der Waals surface area contributed by atoms with Crippen LogP contribution in [0.4, 0.5) is 0 Å². The van der Waals surface area contributed by atoms with Crippen molar-refractivity contribution in [2.75, 3.05) is 13.6 Å². The Morgan fingerprint density at radius 1 is 1.11 bits per heavy atom. The minimum atomic E-state index is -0.215. The Balaban J connectivity index is 1.44.